The molecule has 1 aromatic rings. The van der Waals surface area contributed by atoms with Gasteiger partial charge in [0, 0.05) is 6.61 Å². The van der Waals surface area contributed by atoms with Crippen LogP contribution >= 0.6 is 0 Å². The van der Waals surface area contributed by atoms with E-state index in [2.05, 4.69) is 25.1 Å². The minimum Gasteiger partial charge on any atom is -0.487 e. The number of aryl methyl sites for hydroxylation is 1. The van der Waals surface area contributed by atoms with Gasteiger partial charge in [0.1, 0.15) is 11.4 Å². The molecule has 110 valence electrons. The first kappa shape index (κ1) is 13.9. The molecule has 1 fully saturated rings. The summed E-state index contributed by atoms with van der Waals surface area (Å²) in [5.41, 5.74) is 2.75. The van der Waals surface area contributed by atoms with Crippen molar-refractivity contribution in [3.8, 4) is 5.75 Å². The zero-order valence-electron chi connectivity index (χ0n) is 12.5. The van der Waals surface area contributed by atoms with E-state index in [9.17, 15) is 5.11 Å². The van der Waals surface area contributed by atoms with Crippen LogP contribution in [0.1, 0.15) is 68.9 Å². The lowest BCUT2D eigenvalue weighted by Gasteiger charge is -2.44. The van der Waals surface area contributed by atoms with Gasteiger partial charge in [-0.3, -0.25) is 0 Å². The van der Waals surface area contributed by atoms with E-state index in [0.29, 0.717) is 5.92 Å². The Balaban J connectivity index is 1.93. The van der Waals surface area contributed by atoms with Crippen molar-refractivity contribution < 1.29 is 9.84 Å². The molecule has 3 rings (SSSR count). The lowest BCUT2D eigenvalue weighted by molar-refractivity contribution is -0.00126. The van der Waals surface area contributed by atoms with Crippen molar-refractivity contribution in [1.82, 2.24) is 0 Å². The summed E-state index contributed by atoms with van der Waals surface area (Å²) in [5.74, 6) is 1.54. The summed E-state index contributed by atoms with van der Waals surface area (Å²) in [6.07, 6.45) is 9.30. The van der Waals surface area contributed by atoms with E-state index in [1.54, 1.807) is 0 Å². The van der Waals surface area contributed by atoms with Gasteiger partial charge in [0.2, 0.25) is 0 Å². The fourth-order valence-electron chi connectivity index (χ4n) is 3.98. The van der Waals surface area contributed by atoms with Crippen molar-refractivity contribution >= 4 is 0 Å². The van der Waals surface area contributed by atoms with Gasteiger partial charge >= 0.3 is 0 Å². The van der Waals surface area contributed by atoms with E-state index >= 15 is 0 Å². The van der Waals surface area contributed by atoms with Crippen molar-refractivity contribution in [3.05, 3.63) is 29.3 Å². The fourth-order valence-corrected chi connectivity index (χ4v) is 3.98. The minimum atomic E-state index is 0.0544. The first-order valence-electron chi connectivity index (χ1n) is 8.19. The average molecular weight is 274 g/mol. The summed E-state index contributed by atoms with van der Waals surface area (Å²) in [6, 6.07) is 6.65. The molecule has 0 aromatic heterocycles. The summed E-state index contributed by atoms with van der Waals surface area (Å²) >= 11 is 0. The molecule has 20 heavy (non-hydrogen) atoms. The highest BCUT2D eigenvalue weighted by Crippen LogP contribution is 2.48. The van der Waals surface area contributed by atoms with Gasteiger partial charge in [0.15, 0.2) is 0 Å². The van der Waals surface area contributed by atoms with Crippen LogP contribution in [0.4, 0.5) is 0 Å². The Kier molecular flexibility index (Phi) is 4.02. The molecule has 1 saturated carbocycles. The SMILES string of the molecule is CCc1ccc2c(c1)C(CCO)CC1(CCCCC1)O2. The Morgan fingerprint density at radius 2 is 2.05 bits per heavy atom. The van der Waals surface area contributed by atoms with Gasteiger partial charge < -0.3 is 9.84 Å². The van der Waals surface area contributed by atoms with Gasteiger partial charge in [-0.25, -0.2) is 0 Å². The van der Waals surface area contributed by atoms with Gasteiger partial charge in [0.05, 0.1) is 0 Å². The summed E-state index contributed by atoms with van der Waals surface area (Å²) in [4.78, 5) is 0. The maximum absolute atomic E-state index is 9.42. The van der Waals surface area contributed by atoms with Gasteiger partial charge in [0.25, 0.3) is 0 Å². The third-order valence-electron chi connectivity index (χ3n) is 5.11. The largest absolute Gasteiger partial charge is 0.487 e. The summed E-state index contributed by atoms with van der Waals surface area (Å²) in [7, 11) is 0. The van der Waals surface area contributed by atoms with E-state index in [1.165, 1.54) is 43.2 Å². The molecule has 2 heteroatoms. The molecule has 1 aliphatic carbocycles. The van der Waals surface area contributed by atoms with Gasteiger partial charge in [-0.2, -0.15) is 0 Å². The zero-order valence-corrected chi connectivity index (χ0v) is 12.5. The Morgan fingerprint density at radius 1 is 1.25 bits per heavy atom. The van der Waals surface area contributed by atoms with Crippen LogP contribution in [0.15, 0.2) is 18.2 Å². The van der Waals surface area contributed by atoms with Crippen molar-refractivity contribution in [3.63, 3.8) is 0 Å². The summed E-state index contributed by atoms with van der Waals surface area (Å²) in [5, 5.41) is 9.42. The molecule has 1 unspecified atom stereocenters. The number of fused-ring (bicyclic) bond motifs is 1. The monoisotopic (exact) mass is 274 g/mol. The Labute approximate surface area is 122 Å². The third kappa shape index (κ3) is 2.58. The molecule has 1 aromatic carbocycles. The predicted molar refractivity (Wildman–Crippen MR) is 81.3 cm³/mol. The molecule has 2 nitrogen and oxygen atoms in total. The topological polar surface area (TPSA) is 29.5 Å². The van der Waals surface area contributed by atoms with Crippen molar-refractivity contribution in [2.75, 3.05) is 6.61 Å². The molecule has 1 atom stereocenters. The number of aliphatic hydroxyl groups is 1. The number of rotatable bonds is 3. The fraction of sp³-hybridized carbons (Fsp3) is 0.667. The maximum Gasteiger partial charge on any atom is 0.123 e. The van der Waals surface area contributed by atoms with E-state index in [1.807, 2.05) is 0 Å². The Hall–Kier alpha value is -1.02. The Bertz CT molecular complexity index is 460. The molecule has 0 radical (unpaired) electrons. The molecule has 1 N–H and O–H groups in total. The van der Waals surface area contributed by atoms with Crippen molar-refractivity contribution in [2.24, 2.45) is 0 Å². The quantitative estimate of drug-likeness (QED) is 0.895. The normalized spacial score (nSPS) is 24.2. The first-order chi connectivity index (χ1) is 9.76. The molecule has 1 spiro atoms. The highest BCUT2D eigenvalue weighted by atomic mass is 16.5. The van der Waals surface area contributed by atoms with Crippen LogP contribution in [-0.2, 0) is 6.42 Å². The molecule has 1 heterocycles. The average Bonchev–Trinajstić information content (AvgIpc) is 2.48. The highest BCUT2D eigenvalue weighted by molar-refractivity contribution is 5.42. The number of benzene rings is 1. The number of ether oxygens (including phenoxy) is 1. The van der Waals surface area contributed by atoms with Crippen molar-refractivity contribution in [2.45, 2.75) is 69.8 Å². The van der Waals surface area contributed by atoms with Crippen LogP contribution in [0.5, 0.6) is 5.75 Å². The van der Waals surface area contributed by atoms with Crippen molar-refractivity contribution in [1.29, 1.82) is 0 Å². The second kappa shape index (κ2) is 5.77. The standard InChI is InChI=1S/C18H26O2/c1-2-14-6-7-17-16(12-14)15(8-11-19)13-18(20-17)9-4-3-5-10-18/h6-7,12,15,19H,2-5,8-11,13H2,1H3. The molecule has 1 aliphatic heterocycles. The first-order valence-corrected chi connectivity index (χ1v) is 8.19. The molecule has 2 aliphatic rings. The molecule has 0 bridgehead atoms. The van der Waals surface area contributed by atoms with Crippen LogP contribution in [0.25, 0.3) is 0 Å². The van der Waals surface area contributed by atoms with Crippen LogP contribution in [-0.4, -0.2) is 17.3 Å². The lowest BCUT2D eigenvalue weighted by Crippen LogP contribution is -2.42. The molecular formula is C18H26O2. The van der Waals surface area contributed by atoms with Crippen LogP contribution in [0.3, 0.4) is 0 Å². The number of hydrogen-bond acceptors (Lipinski definition) is 2. The zero-order chi connectivity index (χ0) is 14.0. The number of hydrogen-bond donors (Lipinski definition) is 1. The number of aliphatic hydroxyl groups excluding tert-OH is 1. The predicted octanol–water partition coefficient (Wildman–Crippen LogP) is 4.20. The van der Waals surface area contributed by atoms with Gasteiger partial charge in [-0.1, -0.05) is 25.5 Å². The Morgan fingerprint density at radius 3 is 2.75 bits per heavy atom. The smallest absolute Gasteiger partial charge is 0.123 e. The van der Waals surface area contributed by atoms with E-state index in [4.69, 9.17) is 4.74 Å². The second-order valence-electron chi connectivity index (χ2n) is 6.48. The van der Waals surface area contributed by atoms with E-state index < -0.39 is 0 Å². The van der Waals surface area contributed by atoms with Gasteiger partial charge in [-0.15, -0.1) is 0 Å². The van der Waals surface area contributed by atoms with E-state index in [-0.39, 0.29) is 12.2 Å². The van der Waals surface area contributed by atoms with Crippen LogP contribution in [0.2, 0.25) is 0 Å². The molecular weight excluding hydrogens is 248 g/mol. The highest BCUT2D eigenvalue weighted by Gasteiger charge is 2.41. The van der Waals surface area contributed by atoms with E-state index in [0.717, 1.165) is 25.0 Å². The van der Waals surface area contributed by atoms with Gasteiger partial charge in [-0.05, 0) is 68.1 Å². The summed E-state index contributed by atoms with van der Waals surface area (Å²) < 4.78 is 6.45. The van der Waals surface area contributed by atoms with Crippen LogP contribution in [0, 0.1) is 0 Å². The second-order valence-corrected chi connectivity index (χ2v) is 6.48. The molecule has 0 amide bonds. The summed E-state index contributed by atoms with van der Waals surface area (Å²) in [6.45, 7) is 2.46. The van der Waals surface area contributed by atoms with Crippen LogP contribution < -0.4 is 4.74 Å². The molecule has 0 saturated heterocycles. The lowest BCUT2D eigenvalue weighted by atomic mass is 9.73. The maximum atomic E-state index is 9.42. The third-order valence-corrected chi connectivity index (χ3v) is 5.11. The minimum absolute atomic E-state index is 0.0544.